The first kappa shape index (κ1) is 23.3. The molecule has 3 rings (SSSR count). The van der Waals surface area contributed by atoms with Gasteiger partial charge in [0.15, 0.2) is 6.61 Å². The number of rotatable bonds is 9. The molecule has 0 fully saturated rings. The maximum Gasteiger partial charge on any atom is 0.276 e. The highest BCUT2D eigenvalue weighted by Crippen LogP contribution is 2.26. The Hall–Kier alpha value is -3.32. The zero-order valence-electron chi connectivity index (χ0n) is 17.8. The van der Waals surface area contributed by atoms with Crippen LogP contribution in [-0.2, 0) is 17.6 Å². The maximum absolute atomic E-state index is 12.3. The van der Waals surface area contributed by atoms with Gasteiger partial charge < -0.3 is 9.47 Å². The molecule has 2 amide bonds. The SMILES string of the molecule is CCc1ccc(OCC(=O)NNC(=O)c2ccc(OCCc3ccccc3)c(Br)c2)cc1. The van der Waals surface area contributed by atoms with E-state index in [-0.39, 0.29) is 6.61 Å². The molecule has 0 saturated heterocycles. The lowest BCUT2D eigenvalue weighted by Gasteiger charge is -2.11. The molecule has 7 heteroatoms. The molecular weight excluding hydrogens is 472 g/mol. The van der Waals surface area contributed by atoms with Crippen LogP contribution in [0.1, 0.15) is 28.4 Å². The standard InChI is InChI=1S/C25H25BrN2O4/c1-2-18-8-11-21(12-9-18)32-17-24(29)27-28-25(30)20-10-13-23(22(26)16-20)31-15-14-19-6-4-3-5-7-19/h3-13,16H,2,14-15,17H2,1H3,(H,27,29)(H,28,30). The van der Waals surface area contributed by atoms with Gasteiger partial charge in [-0.15, -0.1) is 0 Å². The summed E-state index contributed by atoms with van der Waals surface area (Å²) in [4.78, 5) is 24.3. The zero-order chi connectivity index (χ0) is 22.8. The molecule has 0 heterocycles. The summed E-state index contributed by atoms with van der Waals surface area (Å²) in [6, 6.07) is 22.6. The summed E-state index contributed by atoms with van der Waals surface area (Å²) >= 11 is 3.43. The number of nitrogens with one attached hydrogen (secondary N) is 2. The second kappa shape index (κ2) is 11.9. The highest BCUT2D eigenvalue weighted by Gasteiger charge is 2.11. The van der Waals surface area contributed by atoms with Crippen molar-refractivity contribution in [3.05, 3.63) is 94.0 Å². The summed E-state index contributed by atoms with van der Waals surface area (Å²) in [6.45, 7) is 2.38. The molecule has 3 aromatic rings. The van der Waals surface area contributed by atoms with Crippen molar-refractivity contribution in [2.75, 3.05) is 13.2 Å². The molecule has 0 radical (unpaired) electrons. The third-order valence-corrected chi connectivity index (χ3v) is 5.32. The Kier molecular flexibility index (Phi) is 8.69. The van der Waals surface area contributed by atoms with Crippen molar-refractivity contribution in [1.29, 1.82) is 0 Å². The highest BCUT2D eigenvalue weighted by molar-refractivity contribution is 9.10. The zero-order valence-corrected chi connectivity index (χ0v) is 19.4. The molecule has 0 aliphatic rings. The lowest BCUT2D eigenvalue weighted by atomic mass is 10.2. The second-order valence-corrected chi connectivity index (χ2v) is 7.87. The van der Waals surface area contributed by atoms with Gasteiger partial charge in [-0.25, -0.2) is 0 Å². The fourth-order valence-electron chi connectivity index (χ4n) is 2.89. The van der Waals surface area contributed by atoms with Crippen LogP contribution in [0.4, 0.5) is 0 Å². The smallest absolute Gasteiger partial charge is 0.276 e. The van der Waals surface area contributed by atoms with Crippen molar-refractivity contribution >= 4 is 27.7 Å². The molecule has 0 aliphatic carbocycles. The average molecular weight is 497 g/mol. The molecular formula is C25H25BrN2O4. The topological polar surface area (TPSA) is 76.7 Å². The van der Waals surface area contributed by atoms with E-state index in [4.69, 9.17) is 9.47 Å². The van der Waals surface area contributed by atoms with Crippen LogP contribution in [0.15, 0.2) is 77.3 Å². The Bertz CT molecular complexity index is 1040. The van der Waals surface area contributed by atoms with E-state index < -0.39 is 11.8 Å². The quantitative estimate of drug-likeness (QED) is 0.428. The van der Waals surface area contributed by atoms with Crippen molar-refractivity contribution in [3.8, 4) is 11.5 Å². The molecule has 3 aromatic carbocycles. The van der Waals surface area contributed by atoms with Crippen LogP contribution in [0, 0.1) is 0 Å². The summed E-state index contributed by atoms with van der Waals surface area (Å²) in [5.41, 5.74) is 7.49. The van der Waals surface area contributed by atoms with Gasteiger partial charge >= 0.3 is 0 Å². The highest BCUT2D eigenvalue weighted by atomic mass is 79.9. The van der Waals surface area contributed by atoms with Crippen molar-refractivity contribution in [2.24, 2.45) is 0 Å². The number of hydrogen-bond acceptors (Lipinski definition) is 4. The molecule has 0 aromatic heterocycles. The van der Waals surface area contributed by atoms with E-state index in [0.717, 1.165) is 12.8 Å². The molecule has 2 N–H and O–H groups in total. The lowest BCUT2D eigenvalue weighted by Crippen LogP contribution is -2.43. The Morgan fingerprint density at radius 3 is 2.31 bits per heavy atom. The fourth-order valence-corrected chi connectivity index (χ4v) is 3.38. The van der Waals surface area contributed by atoms with Crippen LogP contribution in [0.3, 0.4) is 0 Å². The first-order valence-electron chi connectivity index (χ1n) is 10.3. The Morgan fingerprint density at radius 1 is 0.875 bits per heavy atom. The van der Waals surface area contributed by atoms with Crippen LogP contribution in [0.5, 0.6) is 11.5 Å². The van der Waals surface area contributed by atoms with Crippen LogP contribution in [-0.4, -0.2) is 25.0 Å². The van der Waals surface area contributed by atoms with Gasteiger partial charge in [-0.2, -0.15) is 0 Å². The number of hydrazine groups is 1. The molecule has 0 spiro atoms. The van der Waals surface area contributed by atoms with Gasteiger partial charge in [-0.05, 0) is 63.8 Å². The number of benzene rings is 3. The molecule has 166 valence electrons. The third-order valence-electron chi connectivity index (χ3n) is 4.70. The van der Waals surface area contributed by atoms with E-state index in [0.29, 0.717) is 28.1 Å². The van der Waals surface area contributed by atoms with Crippen LogP contribution >= 0.6 is 15.9 Å². The maximum atomic E-state index is 12.3. The first-order chi connectivity index (χ1) is 15.5. The number of halogens is 1. The van der Waals surface area contributed by atoms with E-state index in [2.05, 4.69) is 33.7 Å². The largest absolute Gasteiger partial charge is 0.492 e. The van der Waals surface area contributed by atoms with E-state index in [1.165, 1.54) is 11.1 Å². The molecule has 0 saturated carbocycles. The Balaban J connectivity index is 1.43. The minimum Gasteiger partial charge on any atom is -0.492 e. The van der Waals surface area contributed by atoms with Gasteiger partial charge in [0.25, 0.3) is 11.8 Å². The summed E-state index contributed by atoms with van der Waals surface area (Å²) in [6.07, 6.45) is 1.72. The van der Waals surface area contributed by atoms with E-state index in [1.54, 1.807) is 18.2 Å². The third kappa shape index (κ3) is 7.13. The lowest BCUT2D eigenvalue weighted by molar-refractivity contribution is -0.123. The van der Waals surface area contributed by atoms with Crippen molar-refractivity contribution in [2.45, 2.75) is 19.8 Å². The predicted octanol–water partition coefficient (Wildman–Crippen LogP) is 4.47. The molecule has 0 bridgehead atoms. The Morgan fingerprint density at radius 2 is 1.62 bits per heavy atom. The van der Waals surface area contributed by atoms with E-state index in [1.807, 2.05) is 54.6 Å². The van der Waals surface area contributed by atoms with Crippen molar-refractivity contribution in [1.82, 2.24) is 10.9 Å². The minimum absolute atomic E-state index is 0.205. The normalized spacial score (nSPS) is 10.3. The van der Waals surface area contributed by atoms with Gasteiger partial charge in [-0.1, -0.05) is 49.4 Å². The molecule has 0 unspecified atom stereocenters. The number of amides is 2. The number of carbonyl (C=O) groups excluding carboxylic acids is 2. The van der Waals surface area contributed by atoms with Crippen molar-refractivity contribution in [3.63, 3.8) is 0 Å². The number of hydrogen-bond donors (Lipinski definition) is 2. The number of aryl methyl sites for hydroxylation is 1. The number of ether oxygens (including phenoxy) is 2. The predicted molar refractivity (Wildman–Crippen MR) is 127 cm³/mol. The Labute approximate surface area is 196 Å². The van der Waals surface area contributed by atoms with E-state index >= 15 is 0 Å². The van der Waals surface area contributed by atoms with E-state index in [9.17, 15) is 9.59 Å². The van der Waals surface area contributed by atoms with Gasteiger partial charge in [0.05, 0.1) is 11.1 Å². The first-order valence-corrected chi connectivity index (χ1v) is 11.1. The van der Waals surface area contributed by atoms with Gasteiger partial charge in [-0.3, -0.25) is 20.4 Å². The summed E-state index contributed by atoms with van der Waals surface area (Å²) in [5, 5.41) is 0. The average Bonchev–Trinajstić information content (AvgIpc) is 2.83. The molecule has 0 atom stereocenters. The van der Waals surface area contributed by atoms with Crippen LogP contribution in [0.2, 0.25) is 0 Å². The molecule has 32 heavy (non-hydrogen) atoms. The molecule has 6 nitrogen and oxygen atoms in total. The fraction of sp³-hybridized carbons (Fsp3) is 0.200. The van der Waals surface area contributed by atoms with Crippen LogP contribution < -0.4 is 20.3 Å². The van der Waals surface area contributed by atoms with Crippen LogP contribution in [0.25, 0.3) is 0 Å². The summed E-state index contributed by atoms with van der Waals surface area (Å²) in [7, 11) is 0. The number of carbonyl (C=O) groups is 2. The summed E-state index contributed by atoms with van der Waals surface area (Å²) in [5.74, 6) is 0.333. The van der Waals surface area contributed by atoms with Gasteiger partial charge in [0.2, 0.25) is 0 Å². The second-order valence-electron chi connectivity index (χ2n) is 7.02. The summed E-state index contributed by atoms with van der Waals surface area (Å²) < 4.78 is 11.9. The van der Waals surface area contributed by atoms with Gasteiger partial charge in [0.1, 0.15) is 11.5 Å². The van der Waals surface area contributed by atoms with Crippen molar-refractivity contribution < 1.29 is 19.1 Å². The monoisotopic (exact) mass is 496 g/mol. The van der Waals surface area contributed by atoms with Gasteiger partial charge in [0, 0.05) is 12.0 Å². The molecule has 0 aliphatic heterocycles. The minimum atomic E-state index is -0.460.